The molecule has 14 heavy (non-hydrogen) atoms. The average molecular weight is 200 g/mol. The van der Waals surface area contributed by atoms with Crippen molar-refractivity contribution >= 4 is 0 Å². The van der Waals surface area contributed by atoms with Gasteiger partial charge in [-0.1, -0.05) is 6.08 Å². The Bertz CT molecular complexity index is 146. The molecule has 0 N–H and O–H groups in total. The van der Waals surface area contributed by atoms with Gasteiger partial charge in [0.15, 0.2) is 6.29 Å². The minimum absolute atomic E-state index is 0.0370. The third kappa shape index (κ3) is 9.29. The number of ether oxygens (including phenoxy) is 3. The summed E-state index contributed by atoms with van der Waals surface area (Å²) in [6.07, 6.45) is 7.43. The molecule has 0 atom stereocenters. The Kier molecular flexibility index (Phi) is 9.69. The van der Waals surface area contributed by atoms with Gasteiger partial charge in [0.2, 0.25) is 0 Å². The van der Waals surface area contributed by atoms with Gasteiger partial charge in [-0.25, -0.2) is 0 Å². The van der Waals surface area contributed by atoms with Gasteiger partial charge in [-0.3, -0.25) is 0 Å². The molecule has 0 fully saturated rings. The van der Waals surface area contributed by atoms with Gasteiger partial charge in [-0.05, 0) is 32.9 Å². The monoisotopic (exact) mass is 200 g/mol. The summed E-state index contributed by atoms with van der Waals surface area (Å²) in [6, 6.07) is 0. The van der Waals surface area contributed by atoms with Crippen LogP contribution in [0, 0.1) is 0 Å². The fourth-order valence-corrected chi connectivity index (χ4v) is 0.864. The van der Waals surface area contributed by atoms with Crippen molar-refractivity contribution in [2.24, 2.45) is 0 Å². The lowest BCUT2D eigenvalue weighted by Crippen LogP contribution is -2.11. The summed E-state index contributed by atoms with van der Waals surface area (Å²) >= 11 is 0. The summed E-state index contributed by atoms with van der Waals surface area (Å²) in [7, 11) is 0. The van der Waals surface area contributed by atoms with E-state index in [-0.39, 0.29) is 6.29 Å². The van der Waals surface area contributed by atoms with Crippen molar-refractivity contribution in [1.82, 2.24) is 0 Å². The van der Waals surface area contributed by atoms with Crippen molar-refractivity contribution in [1.29, 1.82) is 0 Å². The molecule has 0 saturated carbocycles. The molecule has 0 bridgehead atoms. The van der Waals surface area contributed by atoms with E-state index in [1.165, 1.54) is 0 Å². The lowest BCUT2D eigenvalue weighted by molar-refractivity contribution is -0.123. The lowest BCUT2D eigenvalue weighted by Gasteiger charge is -2.09. The fraction of sp³-hybridized carbons (Fsp3) is 0.636. The van der Waals surface area contributed by atoms with Gasteiger partial charge in [-0.2, -0.15) is 0 Å². The van der Waals surface area contributed by atoms with Crippen molar-refractivity contribution in [3.8, 4) is 0 Å². The second-order valence-corrected chi connectivity index (χ2v) is 2.57. The first-order valence-electron chi connectivity index (χ1n) is 4.97. The van der Waals surface area contributed by atoms with Crippen molar-refractivity contribution < 1.29 is 14.2 Å². The number of allylic oxidation sites excluding steroid dienone is 2. The molecular formula is C11H20O3. The Hall–Kier alpha value is -0.800. The van der Waals surface area contributed by atoms with Crippen LogP contribution in [0.15, 0.2) is 24.5 Å². The maximum atomic E-state index is 5.06. The molecule has 0 amide bonds. The topological polar surface area (TPSA) is 27.7 Å². The Labute approximate surface area is 86.4 Å². The van der Waals surface area contributed by atoms with Gasteiger partial charge in [0.1, 0.15) is 6.61 Å². The van der Waals surface area contributed by atoms with Crippen LogP contribution in [0.2, 0.25) is 0 Å². The molecule has 0 saturated heterocycles. The zero-order valence-corrected chi connectivity index (χ0v) is 9.23. The minimum atomic E-state index is -0.0370. The van der Waals surface area contributed by atoms with E-state index in [0.717, 1.165) is 19.8 Å². The molecule has 0 unspecified atom stereocenters. The van der Waals surface area contributed by atoms with Crippen LogP contribution in [0.5, 0.6) is 0 Å². The van der Waals surface area contributed by atoms with E-state index in [4.69, 9.17) is 14.2 Å². The maximum absolute atomic E-state index is 5.06. The van der Waals surface area contributed by atoms with E-state index in [1.54, 1.807) is 6.26 Å². The Balaban J connectivity index is 0.000000249. The molecule has 3 nitrogen and oxygen atoms in total. The van der Waals surface area contributed by atoms with Crippen molar-refractivity contribution in [3.63, 3.8) is 0 Å². The SMILES string of the molecule is C1=CCOC=C1.CCOC(C)OCC. The van der Waals surface area contributed by atoms with E-state index in [0.29, 0.717) is 0 Å². The van der Waals surface area contributed by atoms with Crippen molar-refractivity contribution in [3.05, 3.63) is 24.5 Å². The minimum Gasteiger partial charge on any atom is -0.497 e. The second-order valence-electron chi connectivity index (χ2n) is 2.57. The largest absolute Gasteiger partial charge is 0.497 e. The lowest BCUT2D eigenvalue weighted by atomic mass is 10.5. The molecular weight excluding hydrogens is 180 g/mol. The predicted octanol–water partition coefficient (Wildman–Crippen LogP) is 2.49. The highest BCUT2D eigenvalue weighted by Gasteiger charge is 1.94. The van der Waals surface area contributed by atoms with Crippen LogP contribution in [0.1, 0.15) is 20.8 Å². The normalized spacial score (nSPS) is 13.4. The molecule has 1 aliphatic heterocycles. The second kappa shape index (κ2) is 10.3. The first kappa shape index (κ1) is 13.2. The van der Waals surface area contributed by atoms with E-state index >= 15 is 0 Å². The Morgan fingerprint density at radius 2 is 1.86 bits per heavy atom. The standard InChI is InChI=1S/C6H14O2.C5H6O/c1-4-7-6(3)8-5-2;1-2-4-6-5-3-1/h6H,4-5H2,1-3H3;1-4H,5H2. The summed E-state index contributed by atoms with van der Waals surface area (Å²) in [5.74, 6) is 0. The summed E-state index contributed by atoms with van der Waals surface area (Å²) in [4.78, 5) is 0. The van der Waals surface area contributed by atoms with Gasteiger partial charge in [0.05, 0.1) is 6.26 Å². The van der Waals surface area contributed by atoms with Crippen LogP contribution in [0.25, 0.3) is 0 Å². The van der Waals surface area contributed by atoms with Gasteiger partial charge in [0.25, 0.3) is 0 Å². The summed E-state index contributed by atoms with van der Waals surface area (Å²) in [5, 5.41) is 0. The number of rotatable bonds is 4. The molecule has 0 aromatic rings. The smallest absolute Gasteiger partial charge is 0.154 e. The average Bonchev–Trinajstić information content (AvgIpc) is 2.22. The van der Waals surface area contributed by atoms with Gasteiger partial charge < -0.3 is 14.2 Å². The van der Waals surface area contributed by atoms with Crippen molar-refractivity contribution in [2.45, 2.75) is 27.1 Å². The van der Waals surface area contributed by atoms with E-state index in [1.807, 2.05) is 39.0 Å². The maximum Gasteiger partial charge on any atom is 0.154 e. The Morgan fingerprint density at radius 3 is 2.07 bits per heavy atom. The number of hydrogen-bond donors (Lipinski definition) is 0. The highest BCUT2D eigenvalue weighted by molar-refractivity contribution is 5.02. The molecule has 0 spiro atoms. The van der Waals surface area contributed by atoms with E-state index in [9.17, 15) is 0 Å². The van der Waals surface area contributed by atoms with Crippen LogP contribution < -0.4 is 0 Å². The fourth-order valence-electron chi connectivity index (χ4n) is 0.864. The van der Waals surface area contributed by atoms with Crippen LogP contribution in [0.3, 0.4) is 0 Å². The van der Waals surface area contributed by atoms with Crippen LogP contribution in [-0.2, 0) is 14.2 Å². The molecule has 0 aromatic carbocycles. The van der Waals surface area contributed by atoms with Gasteiger partial charge in [-0.15, -0.1) is 0 Å². The predicted molar refractivity (Wildman–Crippen MR) is 56.9 cm³/mol. The highest BCUT2D eigenvalue weighted by atomic mass is 16.7. The zero-order valence-electron chi connectivity index (χ0n) is 9.23. The molecule has 0 aromatic heterocycles. The molecule has 82 valence electrons. The molecule has 0 radical (unpaired) electrons. The number of hydrogen-bond acceptors (Lipinski definition) is 3. The Morgan fingerprint density at radius 1 is 1.21 bits per heavy atom. The van der Waals surface area contributed by atoms with Gasteiger partial charge >= 0.3 is 0 Å². The molecule has 1 aliphatic rings. The van der Waals surface area contributed by atoms with Crippen LogP contribution in [0.4, 0.5) is 0 Å². The molecule has 1 rings (SSSR count). The van der Waals surface area contributed by atoms with Crippen LogP contribution >= 0.6 is 0 Å². The summed E-state index contributed by atoms with van der Waals surface area (Å²) in [5.41, 5.74) is 0. The van der Waals surface area contributed by atoms with Crippen molar-refractivity contribution in [2.75, 3.05) is 19.8 Å². The summed E-state index contributed by atoms with van der Waals surface area (Å²) < 4.78 is 14.9. The molecule has 1 heterocycles. The van der Waals surface area contributed by atoms with E-state index in [2.05, 4.69) is 0 Å². The van der Waals surface area contributed by atoms with Crippen LogP contribution in [-0.4, -0.2) is 26.1 Å². The van der Waals surface area contributed by atoms with Gasteiger partial charge in [0, 0.05) is 13.2 Å². The zero-order chi connectivity index (χ0) is 10.6. The first-order valence-corrected chi connectivity index (χ1v) is 4.97. The summed E-state index contributed by atoms with van der Waals surface area (Å²) in [6.45, 7) is 7.98. The molecule has 0 aliphatic carbocycles. The quantitative estimate of drug-likeness (QED) is 0.652. The third-order valence-electron chi connectivity index (χ3n) is 1.42. The van der Waals surface area contributed by atoms with E-state index < -0.39 is 0 Å². The third-order valence-corrected chi connectivity index (χ3v) is 1.42. The first-order chi connectivity index (χ1) is 6.81. The molecule has 3 heteroatoms. The highest BCUT2D eigenvalue weighted by Crippen LogP contribution is 1.90.